The first-order chi connectivity index (χ1) is 18.5. The van der Waals surface area contributed by atoms with Gasteiger partial charge in [-0.3, -0.25) is 9.09 Å². The van der Waals surface area contributed by atoms with E-state index >= 15 is 0 Å². The number of anilines is 1. The number of aliphatic hydroxyl groups is 2. The van der Waals surface area contributed by atoms with Crippen molar-refractivity contribution in [1.29, 1.82) is 0 Å². The monoisotopic (exact) mass is 654 g/mol. The number of phosphoric acid groups is 3. The van der Waals surface area contributed by atoms with Crippen molar-refractivity contribution < 1.29 is 61.4 Å². The molecule has 1 fully saturated rings. The fourth-order valence-corrected chi connectivity index (χ4v) is 6.83. The molecule has 0 aliphatic carbocycles. The summed E-state index contributed by atoms with van der Waals surface area (Å²) in [5.41, 5.74) is 6.18. The first kappa shape index (κ1) is 35.1. The van der Waals surface area contributed by atoms with Crippen molar-refractivity contribution in [2.24, 2.45) is 0 Å². The Morgan fingerprint density at radius 2 is 1.62 bits per heavy atom. The molecule has 0 saturated carbocycles. The number of hydrogen-bond acceptors (Lipinski definition) is 15. The number of fused-ring (bicyclic) bond motifs is 1. The van der Waals surface area contributed by atoms with Crippen molar-refractivity contribution in [3.05, 3.63) is 6.33 Å². The Morgan fingerprint density at radius 3 is 2.12 bits per heavy atom. The number of imidazole rings is 1. The van der Waals surface area contributed by atoms with Crippen LogP contribution < -0.4 is 5.73 Å². The molecule has 2 unspecified atom stereocenters. The lowest BCUT2D eigenvalue weighted by Crippen LogP contribution is -2.33. The van der Waals surface area contributed by atoms with Gasteiger partial charge in [0.2, 0.25) is 0 Å². The van der Waals surface area contributed by atoms with E-state index in [4.69, 9.17) is 25.2 Å². The molecule has 40 heavy (non-hydrogen) atoms. The topological polar surface area (TPSA) is 282 Å². The Hall–Kier alpha value is -1.05. The van der Waals surface area contributed by atoms with Crippen LogP contribution in [0.1, 0.15) is 27.0 Å². The Kier molecular flexibility index (Phi) is 12.7. The van der Waals surface area contributed by atoms with E-state index < -0.39 is 54.6 Å². The summed E-state index contributed by atoms with van der Waals surface area (Å²) in [6.45, 7) is 9.16. The summed E-state index contributed by atoms with van der Waals surface area (Å²) in [6.07, 6.45) is -3.14. The van der Waals surface area contributed by atoms with Crippen molar-refractivity contribution in [3.8, 4) is 0 Å². The van der Waals surface area contributed by atoms with Crippen LogP contribution >= 0.6 is 35.2 Å². The molecule has 0 aromatic carbocycles. The zero-order valence-electron chi connectivity index (χ0n) is 21.8. The summed E-state index contributed by atoms with van der Waals surface area (Å²) in [6, 6.07) is 0. The number of hydrogen-bond donors (Lipinski definition) is 7. The first-order valence-electron chi connectivity index (χ1n) is 11.5. The molecule has 1 aliphatic rings. The van der Waals surface area contributed by atoms with Gasteiger partial charge in [-0.2, -0.15) is 8.62 Å². The Balaban J connectivity index is 0.000000708. The largest absolute Gasteiger partial charge is 0.490 e. The van der Waals surface area contributed by atoms with Crippen LogP contribution in [0.25, 0.3) is 11.2 Å². The summed E-state index contributed by atoms with van der Waals surface area (Å²) in [7, 11) is -16.7. The second kappa shape index (κ2) is 14.4. The highest BCUT2D eigenvalue weighted by molar-refractivity contribution is 7.98. The van der Waals surface area contributed by atoms with Gasteiger partial charge in [0.05, 0.1) is 12.9 Å². The molecule has 3 heterocycles. The molecule has 23 heteroatoms. The van der Waals surface area contributed by atoms with E-state index in [9.17, 15) is 28.8 Å². The minimum absolute atomic E-state index is 0.0559. The molecule has 230 valence electrons. The molecular weight excluding hydrogens is 621 g/mol. The fourth-order valence-electron chi connectivity index (χ4n) is 3.43. The van der Waals surface area contributed by atoms with E-state index in [1.807, 2.05) is 0 Å². The molecule has 1 saturated heterocycles. The van der Waals surface area contributed by atoms with E-state index in [1.54, 1.807) is 6.26 Å². The normalized spacial score (nSPS) is 24.5. The molecule has 3 rings (SSSR count). The van der Waals surface area contributed by atoms with Crippen LogP contribution in [0.4, 0.5) is 5.82 Å². The van der Waals surface area contributed by atoms with Crippen LogP contribution in [0.5, 0.6) is 0 Å². The highest BCUT2D eigenvalue weighted by Crippen LogP contribution is 2.66. The van der Waals surface area contributed by atoms with Crippen molar-refractivity contribution in [2.45, 2.75) is 50.5 Å². The average molecular weight is 654 g/mol. The van der Waals surface area contributed by atoms with Gasteiger partial charge in [0, 0.05) is 0 Å². The van der Waals surface area contributed by atoms with Crippen LogP contribution in [0, 0.1) is 0 Å². The third-order valence-electron chi connectivity index (χ3n) is 5.38. The van der Waals surface area contributed by atoms with Crippen molar-refractivity contribution in [2.75, 3.05) is 38.2 Å². The molecule has 19 nitrogen and oxygen atoms in total. The van der Waals surface area contributed by atoms with E-state index in [0.717, 1.165) is 0 Å². The molecule has 1 aliphatic heterocycles. The standard InChI is InChI=1S/C11H18N5O13P3S.C6H15N/c1-33-11-14-8(12)5-9(15-11)16(3-13-5)10-7(18)6(17)4(27-10)2-26-31(22,23)29-32(24,25)28-30(19,20)21;1-4-7(5-2)6-3/h3-4,6-7,10,17-18H,2H2,1H3,(H,22,23)(H,24,25)(H2,12,14,15)(H2,19,20,21);4-6H2,1-3H3/t4-,6-,7-,10-;/m1./s1. The second-order valence-electron chi connectivity index (χ2n) is 7.97. The molecule has 0 bridgehead atoms. The zero-order valence-corrected chi connectivity index (χ0v) is 25.3. The van der Waals surface area contributed by atoms with Gasteiger partial charge in [0.1, 0.15) is 23.8 Å². The second-order valence-corrected chi connectivity index (χ2v) is 13.2. The highest BCUT2D eigenvalue weighted by Gasteiger charge is 2.47. The van der Waals surface area contributed by atoms with Gasteiger partial charge in [0.25, 0.3) is 0 Å². The molecule has 2 aromatic heterocycles. The van der Waals surface area contributed by atoms with Crippen molar-refractivity contribution >= 4 is 52.2 Å². The predicted octanol–water partition coefficient (Wildman–Crippen LogP) is 0.441. The summed E-state index contributed by atoms with van der Waals surface area (Å²) >= 11 is 1.18. The Bertz CT molecular complexity index is 1270. The summed E-state index contributed by atoms with van der Waals surface area (Å²) < 4.78 is 52.2. The van der Waals surface area contributed by atoms with Gasteiger partial charge in [-0.05, 0) is 25.9 Å². The zero-order chi connectivity index (χ0) is 30.5. The number of aliphatic hydroxyl groups excluding tert-OH is 2. The smallest absolute Gasteiger partial charge is 0.387 e. The molecule has 0 radical (unpaired) electrons. The molecule has 8 N–H and O–H groups in total. The SMILES string of the molecule is CCN(CC)CC.CSc1nc(N)c2ncn([C@@H]3O[C@H](COP(=O)(O)OP(=O)(O)OP(=O)(O)O)[C@@H](O)[C@H]3O)c2n1. The van der Waals surface area contributed by atoms with Gasteiger partial charge >= 0.3 is 23.5 Å². The molecule has 2 aromatic rings. The van der Waals surface area contributed by atoms with Crippen LogP contribution in [-0.4, -0.2) is 105 Å². The minimum Gasteiger partial charge on any atom is -0.387 e. The molecular formula is C17H33N6O13P3S. The van der Waals surface area contributed by atoms with Crippen LogP contribution in [0.15, 0.2) is 11.5 Å². The number of aromatic nitrogens is 4. The summed E-state index contributed by atoms with van der Waals surface area (Å²) in [4.78, 5) is 50.4. The average Bonchev–Trinajstić information content (AvgIpc) is 3.38. The quantitative estimate of drug-likeness (QED) is 0.0928. The maximum absolute atomic E-state index is 11.9. The lowest BCUT2D eigenvalue weighted by atomic mass is 10.1. The number of nitrogen functional groups attached to an aromatic ring is 1. The third kappa shape index (κ3) is 9.76. The molecule has 0 spiro atoms. The van der Waals surface area contributed by atoms with Crippen molar-refractivity contribution in [3.63, 3.8) is 0 Å². The minimum atomic E-state index is -5.71. The van der Waals surface area contributed by atoms with E-state index in [0.29, 0.717) is 5.16 Å². The molecule has 6 atom stereocenters. The Morgan fingerprint density at radius 1 is 1.02 bits per heavy atom. The summed E-state index contributed by atoms with van der Waals surface area (Å²) in [5.74, 6) is 0.0559. The maximum atomic E-state index is 11.9. The van der Waals surface area contributed by atoms with Gasteiger partial charge in [-0.15, -0.1) is 0 Å². The van der Waals surface area contributed by atoms with Crippen LogP contribution in [-0.2, 0) is 31.6 Å². The van der Waals surface area contributed by atoms with Crippen molar-refractivity contribution in [1.82, 2.24) is 24.4 Å². The number of ether oxygens (including phenoxy) is 1. The number of thioether (sulfide) groups is 1. The highest BCUT2D eigenvalue weighted by atomic mass is 32.2. The van der Waals surface area contributed by atoms with Gasteiger partial charge in [0.15, 0.2) is 22.8 Å². The van der Waals surface area contributed by atoms with Gasteiger partial charge in [-0.1, -0.05) is 32.5 Å². The lowest BCUT2D eigenvalue weighted by Gasteiger charge is -2.19. The van der Waals surface area contributed by atoms with Crippen LogP contribution in [0.2, 0.25) is 0 Å². The predicted molar refractivity (Wildman–Crippen MR) is 141 cm³/mol. The van der Waals surface area contributed by atoms with E-state index in [2.05, 4.69) is 53.8 Å². The Labute approximate surface area is 233 Å². The number of nitrogens with zero attached hydrogens (tertiary/aromatic N) is 5. The first-order valence-corrected chi connectivity index (χ1v) is 17.3. The third-order valence-corrected chi connectivity index (χ3v) is 9.73. The van der Waals surface area contributed by atoms with Gasteiger partial charge < -0.3 is 45.2 Å². The number of rotatable bonds is 12. The number of nitrogens with two attached hydrogens (primary N) is 1. The fraction of sp³-hybridized carbons (Fsp3) is 0.706. The maximum Gasteiger partial charge on any atom is 0.490 e. The summed E-state index contributed by atoms with van der Waals surface area (Å²) in [5, 5.41) is 20.9. The lowest BCUT2D eigenvalue weighted by molar-refractivity contribution is -0.0503. The molecule has 0 amide bonds. The van der Waals surface area contributed by atoms with Crippen LogP contribution in [0.3, 0.4) is 0 Å². The van der Waals surface area contributed by atoms with E-state index in [1.165, 1.54) is 42.3 Å². The van der Waals surface area contributed by atoms with E-state index in [-0.39, 0.29) is 17.0 Å². The van der Waals surface area contributed by atoms with Gasteiger partial charge in [-0.25, -0.2) is 28.6 Å². The number of phosphoric ester groups is 1.